The number of aromatic nitrogens is 1. The summed E-state index contributed by atoms with van der Waals surface area (Å²) in [7, 11) is 0. The summed E-state index contributed by atoms with van der Waals surface area (Å²) in [6.07, 6.45) is 1.86. The first-order chi connectivity index (χ1) is 16.4. The summed E-state index contributed by atoms with van der Waals surface area (Å²) in [6.45, 7) is 5.42. The van der Waals surface area contributed by atoms with Gasteiger partial charge in [-0.1, -0.05) is 18.2 Å². The summed E-state index contributed by atoms with van der Waals surface area (Å²) < 4.78 is 5.66. The van der Waals surface area contributed by atoms with Crippen LogP contribution in [0.1, 0.15) is 53.0 Å². The van der Waals surface area contributed by atoms with Crippen molar-refractivity contribution in [3.63, 3.8) is 0 Å². The molecular weight excluding hydrogens is 430 g/mol. The number of hydrogen-bond acceptors (Lipinski definition) is 6. The molecule has 2 aliphatic heterocycles. The first-order valence-corrected chi connectivity index (χ1v) is 11.7. The molecule has 34 heavy (non-hydrogen) atoms. The van der Waals surface area contributed by atoms with Crippen LogP contribution >= 0.6 is 0 Å². The van der Waals surface area contributed by atoms with E-state index in [4.69, 9.17) is 9.72 Å². The Bertz CT molecular complexity index is 1300. The van der Waals surface area contributed by atoms with E-state index in [1.165, 1.54) is 6.92 Å². The maximum atomic E-state index is 13.2. The quantitative estimate of drug-likeness (QED) is 0.423. The third-order valence-corrected chi connectivity index (χ3v) is 6.62. The van der Waals surface area contributed by atoms with Gasteiger partial charge in [0.1, 0.15) is 11.4 Å². The van der Waals surface area contributed by atoms with E-state index in [9.17, 15) is 14.4 Å². The van der Waals surface area contributed by atoms with Crippen LogP contribution in [0.2, 0.25) is 0 Å². The Labute approximate surface area is 198 Å². The third-order valence-electron chi connectivity index (χ3n) is 6.62. The van der Waals surface area contributed by atoms with Gasteiger partial charge in [-0.2, -0.15) is 0 Å². The minimum Gasteiger partial charge on any atom is -0.451 e. The monoisotopic (exact) mass is 457 g/mol. The predicted octanol–water partition coefficient (Wildman–Crippen LogP) is 4.17. The topological polar surface area (TPSA) is 79.8 Å². The lowest BCUT2D eigenvalue weighted by molar-refractivity contribution is -0.116. The van der Waals surface area contributed by atoms with Gasteiger partial charge >= 0.3 is 5.97 Å². The number of benzene rings is 2. The van der Waals surface area contributed by atoms with E-state index in [0.29, 0.717) is 29.9 Å². The minimum atomic E-state index is -0.950. The van der Waals surface area contributed by atoms with Crippen molar-refractivity contribution in [1.29, 1.82) is 0 Å². The molecule has 3 aromatic rings. The fourth-order valence-corrected chi connectivity index (χ4v) is 4.82. The van der Waals surface area contributed by atoms with Gasteiger partial charge in [-0.15, -0.1) is 0 Å². The number of carbonyl (C=O) groups excluding carboxylic acids is 3. The lowest BCUT2D eigenvalue weighted by Gasteiger charge is -2.21. The van der Waals surface area contributed by atoms with E-state index in [0.717, 1.165) is 48.1 Å². The molecule has 1 aromatic heterocycles. The molecule has 7 heteroatoms. The second-order valence-corrected chi connectivity index (χ2v) is 8.92. The molecule has 174 valence electrons. The minimum absolute atomic E-state index is 0.0158. The Morgan fingerprint density at radius 3 is 2.53 bits per heavy atom. The molecular formula is C27H27N3O4. The van der Waals surface area contributed by atoms with Gasteiger partial charge in [-0.05, 0) is 62.1 Å². The number of nitrogens with zero attached hydrogens (tertiary/aromatic N) is 3. The standard InChI is InChI=1S/C27H27N3O4/c1-17(25(32)21-9-10-24-20(15-21)11-14-30(24)18(2)31)34-27(33)22-16-19-7-3-4-8-23(19)28-26(22)29-12-5-6-13-29/h3-4,7-10,15-17H,5-6,11-14H2,1-2H3/t17-/m0/s1. The summed E-state index contributed by atoms with van der Waals surface area (Å²) in [6, 6.07) is 14.8. The summed E-state index contributed by atoms with van der Waals surface area (Å²) in [4.78, 5) is 46.7. The van der Waals surface area contributed by atoms with E-state index in [1.54, 1.807) is 36.1 Å². The number of fused-ring (bicyclic) bond motifs is 2. The van der Waals surface area contributed by atoms with Crippen LogP contribution in [0.25, 0.3) is 10.9 Å². The number of carbonyl (C=O) groups is 3. The van der Waals surface area contributed by atoms with Crippen molar-refractivity contribution >= 4 is 40.1 Å². The molecule has 0 N–H and O–H groups in total. The van der Waals surface area contributed by atoms with Crippen LogP contribution in [-0.2, 0) is 16.0 Å². The van der Waals surface area contributed by atoms with Crippen molar-refractivity contribution in [3.8, 4) is 0 Å². The summed E-state index contributed by atoms with van der Waals surface area (Å²) in [5.41, 5.74) is 3.47. The van der Waals surface area contributed by atoms with Crippen molar-refractivity contribution < 1.29 is 19.1 Å². The number of amides is 1. The first kappa shape index (κ1) is 22.1. The third kappa shape index (κ3) is 4.02. The zero-order chi connectivity index (χ0) is 23.8. The predicted molar refractivity (Wildman–Crippen MR) is 131 cm³/mol. The van der Waals surface area contributed by atoms with E-state index in [1.807, 2.05) is 24.3 Å². The molecule has 1 amide bonds. The Morgan fingerprint density at radius 1 is 1.00 bits per heavy atom. The zero-order valence-electron chi connectivity index (χ0n) is 19.4. The van der Waals surface area contributed by atoms with E-state index >= 15 is 0 Å². The van der Waals surface area contributed by atoms with Crippen molar-refractivity contribution in [2.45, 2.75) is 39.2 Å². The average molecular weight is 458 g/mol. The fourth-order valence-electron chi connectivity index (χ4n) is 4.82. The largest absolute Gasteiger partial charge is 0.451 e. The van der Waals surface area contributed by atoms with E-state index < -0.39 is 12.1 Å². The van der Waals surface area contributed by atoms with Crippen molar-refractivity contribution in [2.75, 3.05) is 29.4 Å². The van der Waals surface area contributed by atoms with Crippen LogP contribution in [0.15, 0.2) is 48.5 Å². The number of Topliss-reactive ketones (excluding diaryl/α,β-unsaturated/α-hetero) is 1. The van der Waals surface area contributed by atoms with Gasteiger partial charge in [0.05, 0.1) is 5.52 Å². The van der Waals surface area contributed by atoms with Gasteiger partial charge in [0.25, 0.3) is 0 Å². The van der Waals surface area contributed by atoms with E-state index in [-0.39, 0.29) is 11.7 Å². The van der Waals surface area contributed by atoms with Crippen LogP contribution in [0.5, 0.6) is 0 Å². The number of pyridine rings is 1. The molecule has 0 spiro atoms. The second kappa shape index (κ2) is 8.89. The molecule has 0 bridgehead atoms. The molecule has 3 heterocycles. The van der Waals surface area contributed by atoms with Gasteiger partial charge < -0.3 is 14.5 Å². The Morgan fingerprint density at radius 2 is 1.76 bits per heavy atom. The van der Waals surface area contributed by atoms with Crippen LogP contribution in [0, 0.1) is 0 Å². The molecule has 0 radical (unpaired) electrons. The fraction of sp³-hybridized carbons (Fsp3) is 0.333. The smallest absolute Gasteiger partial charge is 0.342 e. The number of ether oxygens (including phenoxy) is 1. The van der Waals surface area contributed by atoms with Crippen molar-refractivity contribution in [2.24, 2.45) is 0 Å². The van der Waals surface area contributed by atoms with Crippen molar-refractivity contribution in [1.82, 2.24) is 4.98 Å². The molecule has 7 nitrogen and oxygen atoms in total. The highest BCUT2D eigenvalue weighted by atomic mass is 16.5. The second-order valence-electron chi connectivity index (χ2n) is 8.92. The van der Waals surface area contributed by atoms with Crippen LogP contribution < -0.4 is 9.80 Å². The molecule has 1 saturated heterocycles. The number of ketones is 1. The Hall–Kier alpha value is -3.74. The highest BCUT2D eigenvalue weighted by Crippen LogP contribution is 2.30. The molecule has 1 atom stereocenters. The maximum Gasteiger partial charge on any atom is 0.342 e. The van der Waals surface area contributed by atoms with Crippen LogP contribution in [-0.4, -0.2) is 48.4 Å². The number of esters is 1. The van der Waals surface area contributed by atoms with Gasteiger partial charge in [-0.25, -0.2) is 9.78 Å². The Balaban J connectivity index is 1.38. The number of para-hydroxylation sites is 1. The van der Waals surface area contributed by atoms with Crippen LogP contribution in [0.3, 0.4) is 0 Å². The van der Waals surface area contributed by atoms with Gasteiger partial charge in [0.15, 0.2) is 6.10 Å². The number of hydrogen-bond donors (Lipinski definition) is 0. The summed E-state index contributed by atoms with van der Waals surface area (Å²) in [5, 5.41) is 0.852. The normalized spacial score (nSPS) is 15.9. The SMILES string of the molecule is CC(=O)N1CCc2cc(C(=O)[C@H](C)OC(=O)c3cc4ccccc4nc3N3CCCC3)ccc21. The molecule has 5 rings (SSSR count). The summed E-state index contributed by atoms with van der Waals surface area (Å²) >= 11 is 0. The van der Waals surface area contributed by atoms with Gasteiger partial charge in [0, 0.05) is 43.2 Å². The molecule has 1 fully saturated rings. The van der Waals surface area contributed by atoms with Crippen molar-refractivity contribution in [3.05, 3.63) is 65.2 Å². The lowest BCUT2D eigenvalue weighted by atomic mass is 10.0. The van der Waals surface area contributed by atoms with Gasteiger partial charge in [0.2, 0.25) is 11.7 Å². The molecule has 0 aliphatic carbocycles. The summed E-state index contributed by atoms with van der Waals surface area (Å²) in [5.74, 6) is -0.223. The van der Waals surface area contributed by atoms with Gasteiger partial charge in [-0.3, -0.25) is 9.59 Å². The lowest BCUT2D eigenvalue weighted by Crippen LogP contribution is -2.27. The molecule has 2 aliphatic rings. The molecule has 2 aromatic carbocycles. The molecule has 0 saturated carbocycles. The highest BCUT2D eigenvalue weighted by molar-refractivity contribution is 6.04. The average Bonchev–Trinajstić information content (AvgIpc) is 3.52. The maximum absolute atomic E-state index is 13.2. The number of anilines is 2. The van der Waals surface area contributed by atoms with Crippen LogP contribution in [0.4, 0.5) is 11.5 Å². The highest BCUT2D eigenvalue weighted by Gasteiger charge is 2.28. The van der Waals surface area contributed by atoms with E-state index in [2.05, 4.69) is 4.90 Å². The number of rotatable bonds is 5. The zero-order valence-corrected chi connectivity index (χ0v) is 19.4. The Kier molecular flexibility index (Phi) is 5.77. The first-order valence-electron chi connectivity index (χ1n) is 11.7. The molecule has 0 unspecified atom stereocenters.